The molecule has 1 aromatic heterocycles. The SMILES string of the molecule is CC(C)CC(CNCc1cnnn1Cc1ccccc1)C(=O)O. The zero-order valence-corrected chi connectivity index (χ0v) is 13.6. The Balaban J connectivity index is 1.89. The molecule has 2 rings (SSSR count). The number of hydrogen-bond acceptors (Lipinski definition) is 4. The number of aromatic nitrogens is 3. The average molecular weight is 316 g/mol. The second-order valence-corrected chi connectivity index (χ2v) is 6.16. The molecule has 1 heterocycles. The predicted molar refractivity (Wildman–Crippen MR) is 87.9 cm³/mol. The van der Waals surface area contributed by atoms with Crippen LogP contribution in [-0.2, 0) is 17.9 Å². The highest BCUT2D eigenvalue weighted by atomic mass is 16.4. The summed E-state index contributed by atoms with van der Waals surface area (Å²) in [5.74, 6) is -0.751. The zero-order chi connectivity index (χ0) is 16.7. The zero-order valence-electron chi connectivity index (χ0n) is 13.6. The van der Waals surface area contributed by atoms with Gasteiger partial charge in [0.05, 0.1) is 24.4 Å². The van der Waals surface area contributed by atoms with E-state index >= 15 is 0 Å². The predicted octanol–water partition coefficient (Wildman–Crippen LogP) is 2.16. The van der Waals surface area contributed by atoms with E-state index < -0.39 is 5.97 Å². The fourth-order valence-electron chi connectivity index (χ4n) is 2.52. The summed E-state index contributed by atoms with van der Waals surface area (Å²) in [6.07, 6.45) is 2.39. The minimum Gasteiger partial charge on any atom is -0.481 e. The van der Waals surface area contributed by atoms with Gasteiger partial charge in [-0.1, -0.05) is 49.4 Å². The van der Waals surface area contributed by atoms with Crippen molar-refractivity contribution in [3.05, 3.63) is 47.8 Å². The van der Waals surface area contributed by atoms with Crippen LogP contribution in [0.4, 0.5) is 0 Å². The van der Waals surface area contributed by atoms with E-state index in [4.69, 9.17) is 0 Å². The maximum Gasteiger partial charge on any atom is 0.307 e. The van der Waals surface area contributed by atoms with Crippen molar-refractivity contribution >= 4 is 5.97 Å². The van der Waals surface area contributed by atoms with Gasteiger partial charge in [0.2, 0.25) is 0 Å². The maximum absolute atomic E-state index is 11.3. The largest absolute Gasteiger partial charge is 0.481 e. The molecule has 0 aliphatic heterocycles. The normalized spacial score (nSPS) is 12.5. The second kappa shape index (κ2) is 8.43. The topological polar surface area (TPSA) is 80.0 Å². The van der Waals surface area contributed by atoms with E-state index in [0.717, 1.165) is 11.3 Å². The highest BCUT2D eigenvalue weighted by Gasteiger charge is 2.18. The number of hydrogen-bond donors (Lipinski definition) is 2. The molecule has 0 aliphatic carbocycles. The average Bonchev–Trinajstić information content (AvgIpc) is 2.94. The van der Waals surface area contributed by atoms with Gasteiger partial charge in [0.1, 0.15) is 0 Å². The lowest BCUT2D eigenvalue weighted by Crippen LogP contribution is -2.30. The number of benzene rings is 1. The molecule has 0 radical (unpaired) electrons. The first kappa shape index (κ1) is 17.1. The molecule has 6 nitrogen and oxygen atoms in total. The van der Waals surface area contributed by atoms with Gasteiger partial charge in [-0.2, -0.15) is 0 Å². The van der Waals surface area contributed by atoms with Crippen LogP contribution in [0.2, 0.25) is 0 Å². The summed E-state index contributed by atoms with van der Waals surface area (Å²) in [6, 6.07) is 10.1. The molecule has 1 atom stereocenters. The van der Waals surface area contributed by atoms with Crippen LogP contribution in [0, 0.1) is 11.8 Å². The summed E-state index contributed by atoms with van der Waals surface area (Å²) in [5.41, 5.74) is 2.10. The Morgan fingerprint density at radius 1 is 1.30 bits per heavy atom. The molecule has 1 aromatic carbocycles. The van der Waals surface area contributed by atoms with Crippen molar-refractivity contribution in [2.24, 2.45) is 11.8 Å². The van der Waals surface area contributed by atoms with E-state index in [0.29, 0.717) is 32.0 Å². The quantitative estimate of drug-likeness (QED) is 0.741. The minimum absolute atomic E-state index is 0.364. The van der Waals surface area contributed by atoms with Crippen molar-refractivity contribution in [2.45, 2.75) is 33.4 Å². The summed E-state index contributed by atoms with van der Waals surface area (Å²) >= 11 is 0. The van der Waals surface area contributed by atoms with Gasteiger partial charge >= 0.3 is 5.97 Å². The molecule has 2 aromatic rings. The first-order valence-electron chi connectivity index (χ1n) is 7.91. The first-order valence-corrected chi connectivity index (χ1v) is 7.91. The third kappa shape index (κ3) is 5.49. The Bertz CT molecular complexity index is 610. The van der Waals surface area contributed by atoms with E-state index in [1.54, 1.807) is 6.20 Å². The second-order valence-electron chi connectivity index (χ2n) is 6.16. The molecule has 0 bridgehead atoms. The summed E-state index contributed by atoms with van der Waals surface area (Å²) < 4.78 is 1.83. The number of carbonyl (C=O) groups is 1. The standard InChI is InChI=1S/C17H24N4O2/c1-13(2)8-15(17(22)23)9-18-10-16-11-19-20-21(16)12-14-6-4-3-5-7-14/h3-7,11,13,15,18H,8-10,12H2,1-2H3,(H,22,23). The Morgan fingerprint density at radius 2 is 2.04 bits per heavy atom. The fourth-order valence-corrected chi connectivity index (χ4v) is 2.52. The molecule has 23 heavy (non-hydrogen) atoms. The third-order valence-electron chi connectivity index (χ3n) is 3.68. The van der Waals surface area contributed by atoms with Gasteiger partial charge < -0.3 is 10.4 Å². The summed E-state index contributed by atoms with van der Waals surface area (Å²) in [5, 5.41) is 20.5. The number of nitrogens with one attached hydrogen (secondary N) is 1. The molecule has 0 amide bonds. The van der Waals surface area contributed by atoms with Crippen LogP contribution in [0.3, 0.4) is 0 Å². The van der Waals surface area contributed by atoms with Gasteiger partial charge in [0.15, 0.2) is 0 Å². The van der Waals surface area contributed by atoms with Gasteiger partial charge in [0.25, 0.3) is 0 Å². The summed E-state index contributed by atoms with van der Waals surface area (Å²) in [6.45, 7) is 5.74. The molecule has 0 aliphatic rings. The number of rotatable bonds is 9. The van der Waals surface area contributed by atoms with Gasteiger partial charge in [-0.15, -0.1) is 5.10 Å². The highest BCUT2D eigenvalue weighted by Crippen LogP contribution is 2.11. The third-order valence-corrected chi connectivity index (χ3v) is 3.68. The van der Waals surface area contributed by atoms with Crippen molar-refractivity contribution < 1.29 is 9.90 Å². The summed E-state index contributed by atoms with van der Waals surface area (Å²) in [7, 11) is 0. The smallest absolute Gasteiger partial charge is 0.307 e. The molecule has 6 heteroatoms. The maximum atomic E-state index is 11.3. The van der Waals surface area contributed by atoms with E-state index in [-0.39, 0.29) is 5.92 Å². The van der Waals surface area contributed by atoms with Gasteiger partial charge in [-0.05, 0) is 17.9 Å². The monoisotopic (exact) mass is 316 g/mol. The minimum atomic E-state index is -0.748. The lowest BCUT2D eigenvalue weighted by Gasteiger charge is -2.15. The van der Waals surface area contributed by atoms with Crippen LogP contribution in [-0.4, -0.2) is 32.6 Å². The molecular weight excluding hydrogens is 292 g/mol. The van der Waals surface area contributed by atoms with E-state index in [2.05, 4.69) is 15.6 Å². The number of carboxylic acids is 1. The first-order chi connectivity index (χ1) is 11.1. The van der Waals surface area contributed by atoms with Crippen LogP contribution >= 0.6 is 0 Å². The van der Waals surface area contributed by atoms with Crippen molar-refractivity contribution in [3.8, 4) is 0 Å². The van der Waals surface area contributed by atoms with Crippen LogP contribution in [0.25, 0.3) is 0 Å². The molecule has 0 spiro atoms. The Morgan fingerprint density at radius 3 is 2.70 bits per heavy atom. The Hall–Kier alpha value is -2.21. The molecule has 0 fully saturated rings. The number of nitrogens with zero attached hydrogens (tertiary/aromatic N) is 3. The van der Waals surface area contributed by atoms with Crippen LogP contribution < -0.4 is 5.32 Å². The van der Waals surface area contributed by atoms with Crippen LogP contribution in [0.1, 0.15) is 31.5 Å². The van der Waals surface area contributed by atoms with E-state index in [9.17, 15) is 9.90 Å². The fraction of sp³-hybridized carbons (Fsp3) is 0.471. The van der Waals surface area contributed by atoms with Gasteiger partial charge in [-0.25, -0.2) is 4.68 Å². The van der Waals surface area contributed by atoms with Crippen LogP contribution in [0.5, 0.6) is 0 Å². The molecule has 1 unspecified atom stereocenters. The van der Waals surface area contributed by atoms with Crippen molar-refractivity contribution in [2.75, 3.05) is 6.54 Å². The van der Waals surface area contributed by atoms with Crippen molar-refractivity contribution in [1.29, 1.82) is 0 Å². The lowest BCUT2D eigenvalue weighted by molar-refractivity contribution is -0.142. The van der Waals surface area contributed by atoms with Crippen LogP contribution in [0.15, 0.2) is 36.5 Å². The molecule has 2 N–H and O–H groups in total. The lowest BCUT2D eigenvalue weighted by atomic mass is 9.97. The van der Waals surface area contributed by atoms with Crippen molar-refractivity contribution in [1.82, 2.24) is 20.3 Å². The molecule has 0 saturated heterocycles. The van der Waals surface area contributed by atoms with E-state index in [1.165, 1.54) is 0 Å². The number of carboxylic acid groups (broad SMARTS) is 1. The Kier molecular flexibility index (Phi) is 6.29. The van der Waals surface area contributed by atoms with Gasteiger partial charge in [0, 0.05) is 13.1 Å². The van der Waals surface area contributed by atoms with Gasteiger partial charge in [-0.3, -0.25) is 4.79 Å². The highest BCUT2D eigenvalue weighted by molar-refractivity contribution is 5.70. The number of aliphatic carboxylic acids is 1. The molecule has 0 saturated carbocycles. The van der Waals surface area contributed by atoms with E-state index in [1.807, 2.05) is 48.9 Å². The molecule has 124 valence electrons. The molecular formula is C17H24N4O2. The Labute approximate surface area is 136 Å². The summed E-state index contributed by atoms with van der Waals surface area (Å²) in [4.78, 5) is 11.3. The van der Waals surface area contributed by atoms with Crippen molar-refractivity contribution in [3.63, 3.8) is 0 Å².